The largest absolute Gasteiger partial charge is 0.484 e. The number of benzene rings is 2. The predicted octanol–water partition coefficient (Wildman–Crippen LogP) is 2.67. The van der Waals surface area contributed by atoms with Gasteiger partial charge < -0.3 is 14.8 Å². The topological polar surface area (TPSA) is 47.6 Å². The van der Waals surface area contributed by atoms with Gasteiger partial charge in [0.25, 0.3) is 5.91 Å². The second-order valence-corrected chi connectivity index (χ2v) is 6.39. The molecule has 0 unspecified atom stereocenters. The Balaban J connectivity index is 1.52. The van der Waals surface area contributed by atoms with E-state index in [1.54, 1.807) is 7.11 Å². The first-order valence-electron chi connectivity index (χ1n) is 8.18. The summed E-state index contributed by atoms with van der Waals surface area (Å²) >= 11 is 0. The highest BCUT2D eigenvalue weighted by atomic mass is 16.5. The first-order valence-corrected chi connectivity index (χ1v) is 8.18. The van der Waals surface area contributed by atoms with Gasteiger partial charge in [-0.05, 0) is 35.7 Å². The Morgan fingerprint density at radius 2 is 1.83 bits per heavy atom. The lowest BCUT2D eigenvalue weighted by atomic mass is 10.00. The summed E-state index contributed by atoms with van der Waals surface area (Å²) in [6.45, 7) is 2.48. The number of amides is 1. The predicted molar refractivity (Wildman–Crippen MR) is 93.3 cm³/mol. The van der Waals surface area contributed by atoms with Crippen LogP contribution in [-0.2, 0) is 22.4 Å². The molecule has 0 spiro atoms. The van der Waals surface area contributed by atoms with Gasteiger partial charge >= 0.3 is 0 Å². The molecule has 1 N–H and O–H groups in total. The van der Waals surface area contributed by atoms with E-state index >= 15 is 0 Å². The van der Waals surface area contributed by atoms with Crippen LogP contribution in [0.15, 0.2) is 48.5 Å². The number of ether oxygens (including phenoxy) is 2. The summed E-state index contributed by atoms with van der Waals surface area (Å²) in [6.07, 6.45) is 1.64. The molecule has 0 radical (unpaired) electrons. The van der Waals surface area contributed by atoms with Crippen LogP contribution in [-0.4, -0.2) is 31.8 Å². The molecule has 4 heteroatoms. The molecule has 3 rings (SSSR count). The van der Waals surface area contributed by atoms with Crippen LogP contribution in [0.2, 0.25) is 0 Å². The fourth-order valence-electron chi connectivity index (χ4n) is 3.17. The smallest absolute Gasteiger partial charge is 0.258 e. The van der Waals surface area contributed by atoms with E-state index in [-0.39, 0.29) is 18.1 Å². The van der Waals surface area contributed by atoms with Gasteiger partial charge in [-0.25, -0.2) is 0 Å². The summed E-state index contributed by atoms with van der Waals surface area (Å²) in [5, 5.41) is 2.95. The molecular formula is C20H23NO3. The highest BCUT2D eigenvalue weighted by molar-refractivity contribution is 5.77. The Bertz CT molecular complexity index is 701. The summed E-state index contributed by atoms with van der Waals surface area (Å²) in [5.74, 6) is 0.573. The van der Waals surface area contributed by atoms with Crippen molar-refractivity contribution in [3.63, 3.8) is 0 Å². The van der Waals surface area contributed by atoms with E-state index in [0.717, 1.165) is 18.4 Å². The third kappa shape index (κ3) is 3.77. The van der Waals surface area contributed by atoms with Crippen LogP contribution in [0.4, 0.5) is 0 Å². The molecule has 1 amide bonds. The zero-order valence-electron chi connectivity index (χ0n) is 14.2. The number of hydrogen-bond acceptors (Lipinski definition) is 3. The Morgan fingerprint density at radius 3 is 2.46 bits per heavy atom. The third-order valence-electron chi connectivity index (χ3n) is 4.54. The quantitative estimate of drug-likeness (QED) is 0.888. The highest BCUT2D eigenvalue weighted by Gasteiger charge is 2.37. The van der Waals surface area contributed by atoms with Crippen LogP contribution < -0.4 is 10.1 Å². The van der Waals surface area contributed by atoms with Crippen molar-refractivity contribution >= 4 is 5.91 Å². The van der Waals surface area contributed by atoms with E-state index in [1.807, 2.05) is 43.3 Å². The summed E-state index contributed by atoms with van der Waals surface area (Å²) in [7, 11) is 1.71. The first-order chi connectivity index (χ1) is 11.6. The minimum Gasteiger partial charge on any atom is -0.484 e. The fourth-order valence-corrected chi connectivity index (χ4v) is 3.17. The monoisotopic (exact) mass is 325 g/mol. The van der Waals surface area contributed by atoms with Gasteiger partial charge in [0.1, 0.15) is 5.75 Å². The number of methoxy groups -OCH3 is 1. The molecule has 2 aromatic rings. The van der Waals surface area contributed by atoms with Crippen molar-refractivity contribution in [3.8, 4) is 5.75 Å². The van der Waals surface area contributed by atoms with E-state index < -0.39 is 0 Å². The Hall–Kier alpha value is -2.33. The maximum Gasteiger partial charge on any atom is 0.258 e. The summed E-state index contributed by atoms with van der Waals surface area (Å²) in [5.41, 5.74) is 3.34. The molecule has 0 heterocycles. The minimum atomic E-state index is -0.358. The van der Waals surface area contributed by atoms with Crippen LogP contribution in [0.1, 0.15) is 16.7 Å². The Kier molecular flexibility index (Phi) is 4.86. The molecule has 0 saturated carbocycles. The van der Waals surface area contributed by atoms with Gasteiger partial charge in [-0.1, -0.05) is 36.4 Å². The van der Waals surface area contributed by atoms with E-state index in [9.17, 15) is 4.79 Å². The van der Waals surface area contributed by atoms with Gasteiger partial charge in [-0.15, -0.1) is 0 Å². The molecular weight excluding hydrogens is 302 g/mol. The molecule has 0 saturated heterocycles. The van der Waals surface area contributed by atoms with Crippen molar-refractivity contribution in [3.05, 3.63) is 65.2 Å². The standard InChI is InChI=1S/C20H23NO3/c1-15-6-5-9-18(10-15)24-13-19(22)21-14-20(23-2)11-16-7-3-4-8-17(16)12-20/h3-10H,11-14H2,1-2H3,(H,21,22). The number of nitrogens with one attached hydrogen (secondary N) is 1. The van der Waals surface area contributed by atoms with Gasteiger partial charge in [0.05, 0.1) is 5.60 Å². The van der Waals surface area contributed by atoms with Crippen molar-refractivity contribution in [2.75, 3.05) is 20.3 Å². The van der Waals surface area contributed by atoms with Gasteiger partial charge in [-0.3, -0.25) is 4.79 Å². The Morgan fingerprint density at radius 1 is 1.12 bits per heavy atom. The number of rotatable bonds is 6. The molecule has 1 aliphatic rings. The zero-order chi connectivity index (χ0) is 17.0. The lowest BCUT2D eigenvalue weighted by molar-refractivity contribution is -0.124. The number of carbonyl (C=O) groups excluding carboxylic acids is 1. The van der Waals surface area contributed by atoms with Crippen molar-refractivity contribution in [2.24, 2.45) is 0 Å². The van der Waals surface area contributed by atoms with Crippen LogP contribution in [0.25, 0.3) is 0 Å². The second kappa shape index (κ2) is 7.05. The van der Waals surface area contributed by atoms with Gasteiger partial charge in [0, 0.05) is 26.5 Å². The van der Waals surface area contributed by atoms with Crippen molar-refractivity contribution < 1.29 is 14.3 Å². The van der Waals surface area contributed by atoms with Crippen LogP contribution in [0, 0.1) is 6.92 Å². The van der Waals surface area contributed by atoms with Crippen LogP contribution >= 0.6 is 0 Å². The second-order valence-electron chi connectivity index (χ2n) is 6.39. The molecule has 0 aliphatic heterocycles. The normalized spacial score (nSPS) is 14.9. The molecule has 126 valence electrons. The molecule has 4 nitrogen and oxygen atoms in total. The molecule has 0 bridgehead atoms. The van der Waals surface area contributed by atoms with Crippen molar-refractivity contribution in [2.45, 2.75) is 25.4 Å². The van der Waals surface area contributed by atoms with Crippen molar-refractivity contribution in [1.82, 2.24) is 5.32 Å². The highest BCUT2D eigenvalue weighted by Crippen LogP contribution is 2.32. The maximum absolute atomic E-state index is 12.1. The van der Waals surface area contributed by atoms with E-state index in [1.165, 1.54) is 11.1 Å². The molecule has 1 aliphatic carbocycles. The number of fused-ring (bicyclic) bond motifs is 1. The average Bonchev–Trinajstić information content (AvgIpc) is 2.97. The number of hydrogen-bond donors (Lipinski definition) is 1. The lowest BCUT2D eigenvalue weighted by Crippen LogP contribution is -2.46. The summed E-state index contributed by atoms with van der Waals surface area (Å²) in [6, 6.07) is 16.0. The average molecular weight is 325 g/mol. The van der Waals surface area contributed by atoms with E-state index in [0.29, 0.717) is 12.3 Å². The van der Waals surface area contributed by atoms with Gasteiger partial charge in [-0.2, -0.15) is 0 Å². The molecule has 2 aromatic carbocycles. The van der Waals surface area contributed by atoms with Crippen molar-refractivity contribution in [1.29, 1.82) is 0 Å². The molecule has 0 fully saturated rings. The third-order valence-corrected chi connectivity index (χ3v) is 4.54. The fraction of sp³-hybridized carbons (Fsp3) is 0.350. The van der Waals surface area contributed by atoms with E-state index in [4.69, 9.17) is 9.47 Å². The van der Waals surface area contributed by atoms with Crippen LogP contribution in [0.3, 0.4) is 0 Å². The molecule has 24 heavy (non-hydrogen) atoms. The van der Waals surface area contributed by atoms with Gasteiger partial charge in [0.2, 0.25) is 0 Å². The van der Waals surface area contributed by atoms with Gasteiger partial charge in [0.15, 0.2) is 6.61 Å². The number of aryl methyl sites for hydroxylation is 1. The summed E-state index contributed by atoms with van der Waals surface area (Å²) in [4.78, 5) is 12.1. The molecule has 0 aromatic heterocycles. The lowest BCUT2D eigenvalue weighted by Gasteiger charge is -2.27. The Labute approximate surface area is 142 Å². The van der Waals surface area contributed by atoms with Crippen LogP contribution in [0.5, 0.6) is 5.75 Å². The SMILES string of the molecule is COC1(CNC(=O)COc2cccc(C)c2)Cc2ccccc2C1. The number of carbonyl (C=O) groups is 1. The maximum atomic E-state index is 12.1. The zero-order valence-corrected chi connectivity index (χ0v) is 14.2. The minimum absolute atomic E-state index is 0.0101. The van der Waals surface area contributed by atoms with E-state index in [2.05, 4.69) is 17.4 Å². The summed E-state index contributed by atoms with van der Waals surface area (Å²) < 4.78 is 11.3. The molecule has 0 atom stereocenters. The first kappa shape index (κ1) is 16.5.